The van der Waals surface area contributed by atoms with Crippen molar-refractivity contribution in [2.75, 3.05) is 0 Å². The fraction of sp³-hybridized carbons (Fsp3) is 0.125. The van der Waals surface area contributed by atoms with Crippen molar-refractivity contribution in [1.82, 2.24) is 14.9 Å². The van der Waals surface area contributed by atoms with Crippen molar-refractivity contribution < 1.29 is 4.79 Å². The highest BCUT2D eigenvalue weighted by molar-refractivity contribution is 5.95. The van der Waals surface area contributed by atoms with Gasteiger partial charge in [0.2, 0.25) is 0 Å². The van der Waals surface area contributed by atoms with Gasteiger partial charge in [0.05, 0.1) is 17.4 Å². The zero-order chi connectivity index (χ0) is 20.2. The number of H-pyrrole nitrogens is 1. The highest BCUT2D eigenvalue weighted by Gasteiger charge is 2.19. The number of hydrogen-bond acceptors (Lipinski definition) is 3. The van der Waals surface area contributed by atoms with Crippen molar-refractivity contribution in [3.63, 3.8) is 0 Å². The molecule has 1 N–H and O–H groups in total. The molecule has 0 saturated heterocycles. The van der Waals surface area contributed by atoms with E-state index in [1.54, 1.807) is 17.0 Å². The largest absolute Gasteiger partial charge is 0.327 e. The zero-order valence-electron chi connectivity index (χ0n) is 16.1. The van der Waals surface area contributed by atoms with E-state index in [2.05, 4.69) is 9.97 Å². The summed E-state index contributed by atoms with van der Waals surface area (Å²) in [6.45, 7) is 2.55. The van der Waals surface area contributed by atoms with Crippen LogP contribution in [0.4, 0.5) is 0 Å². The molecular weight excluding hydrogens is 362 g/mol. The molecule has 1 amide bonds. The van der Waals surface area contributed by atoms with E-state index >= 15 is 0 Å². The first-order valence-corrected chi connectivity index (χ1v) is 9.48. The van der Waals surface area contributed by atoms with Crippen LogP contribution in [0.1, 0.15) is 27.3 Å². The number of rotatable bonds is 5. The molecule has 0 unspecified atom stereocenters. The van der Waals surface area contributed by atoms with Crippen LogP contribution >= 0.6 is 0 Å². The first-order valence-electron chi connectivity index (χ1n) is 9.48. The fourth-order valence-electron chi connectivity index (χ4n) is 3.38. The lowest BCUT2D eigenvalue weighted by atomic mass is 10.1. The second-order valence-electron chi connectivity index (χ2n) is 6.99. The number of nitrogens with zero attached hydrogens (tertiary/aromatic N) is 2. The van der Waals surface area contributed by atoms with Crippen LogP contribution in [0.3, 0.4) is 0 Å². The van der Waals surface area contributed by atoms with E-state index in [4.69, 9.17) is 0 Å². The van der Waals surface area contributed by atoms with E-state index in [0.29, 0.717) is 28.8 Å². The Hall–Kier alpha value is -3.73. The minimum Gasteiger partial charge on any atom is -0.327 e. The van der Waals surface area contributed by atoms with Gasteiger partial charge in [0, 0.05) is 12.1 Å². The molecule has 144 valence electrons. The van der Waals surface area contributed by atoms with E-state index in [9.17, 15) is 9.59 Å². The Bertz CT molecular complexity index is 1220. The summed E-state index contributed by atoms with van der Waals surface area (Å²) in [5.41, 5.74) is 2.99. The van der Waals surface area contributed by atoms with E-state index in [0.717, 1.165) is 11.1 Å². The van der Waals surface area contributed by atoms with E-state index in [1.165, 1.54) is 0 Å². The van der Waals surface area contributed by atoms with Crippen LogP contribution in [0.2, 0.25) is 0 Å². The predicted octanol–water partition coefficient (Wildman–Crippen LogP) is 4.07. The molecule has 1 aromatic heterocycles. The number of nitrogens with one attached hydrogen (secondary N) is 1. The number of carbonyl (C=O) groups excluding carboxylic acids is 1. The third kappa shape index (κ3) is 4.09. The molecule has 5 heteroatoms. The van der Waals surface area contributed by atoms with Crippen LogP contribution in [0.5, 0.6) is 0 Å². The summed E-state index contributed by atoms with van der Waals surface area (Å²) in [5, 5.41) is 0.538. The smallest absolute Gasteiger partial charge is 0.258 e. The maximum Gasteiger partial charge on any atom is 0.258 e. The molecule has 0 fully saturated rings. The van der Waals surface area contributed by atoms with Crippen molar-refractivity contribution in [3.05, 3.63) is 112 Å². The van der Waals surface area contributed by atoms with Crippen LogP contribution in [0, 0.1) is 6.92 Å². The van der Waals surface area contributed by atoms with Gasteiger partial charge in [-0.05, 0) is 36.2 Å². The Labute approximate surface area is 168 Å². The van der Waals surface area contributed by atoms with Crippen molar-refractivity contribution in [2.45, 2.75) is 20.0 Å². The van der Waals surface area contributed by atoms with Gasteiger partial charge in [0.15, 0.2) is 0 Å². The Kier molecular flexibility index (Phi) is 5.20. The van der Waals surface area contributed by atoms with Gasteiger partial charge in [-0.3, -0.25) is 9.59 Å². The molecule has 0 spiro atoms. The standard InChI is InChI=1S/C24H21N3O2/c1-17-9-5-6-12-19(17)24(29)27(15-18-10-3-2-4-11-18)16-22-25-21-14-8-7-13-20(21)23(28)26-22/h2-14H,15-16H2,1H3,(H,25,26,28). The molecule has 29 heavy (non-hydrogen) atoms. The van der Waals surface area contributed by atoms with Gasteiger partial charge in [-0.25, -0.2) is 4.98 Å². The maximum atomic E-state index is 13.3. The van der Waals surface area contributed by atoms with Crippen LogP contribution in [0.15, 0.2) is 83.7 Å². The van der Waals surface area contributed by atoms with E-state index in [-0.39, 0.29) is 18.0 Å². The predicted molar refractivity (Wildman–Crippen MR) is 114 cm³/mol. The molecule has 4 rings (SSSR count). The van der Waals surface area contributed by atoms with E-state index in [1.807, 2.05) is 73.7 Å². The summed E-state index contributed by atoms with van der Waals surface area (Å²) in [6, 6.07) is 24.5. The Morgan fingerprint density at radius 2 is 1.59 bits per heavy atom. The lowest BCUT2D eigenvalue weighted by Gasteiger charge is -2.23. The lowest BCUT2D eigenvalue weighted by Crippen LogP contribution is -2.32. The third-order valence-corrected chi connectivity index (χ3v) is 4.88. The third-order valence-electron chi connectivity index (χ3n) is 4.88. The average Bonchev–Trinajstić information content (AvgIpc) is 2.74. The van der Waals surface area contributed by atoms with E-state index < -0.39 is 0 Å². The minimum absolute atomic E-state index is 0.0947. The molecule has 0 aliphatic carbocycles. The highest BCUT2D eigenvalue weighted by atomic mass is 16.2. The number of aromatic nitrogens is 2. The van der Waals surface area contributed by atoms with Gasteiger partial charge in [-0.15, -0.1) is 0 Å². The summed E-state index contributed by atoms with van der Waals surface area (Å²) < 4.78 is 0. The van der Waals surface area contributed by atoms with Crippen LogP contribution in [0.25, 0.3) is 10.9 Å². The van der Waals surface area contributed by atoms with Gasteiger partial charge in [0.1, 0.15) is 5.82 Å². The fourth-order valence-corrected chi connectivity index (χ4v) is 3.38. The van der Waals surface area contributed by atoms with Crippen molar-refractivity contribution in [3.8, 4) is 0 Å². The normalized spacial score (nSPS) is 10.8. The summed E-state index contributed by atoms with van der Waals surface area (Å²) in [6.07, 6.45) is 0. The molecule has 0 aliphatic rings. The van der Waals surface area contributed by atoms with Crippen LogP contribution in [-0.2, 0) is 13.1 Å². The van der Waals surface area contributed by atoms with Gasteiger partial charge >= 0.3 is 0 Å². The molecule has 5 nitrogen and oxygen atoms in total. The molecule has 1 heterocycles. The number of para-hydroxylation sites is 1. The first kappa shape index (κ1) is 18.6. The summed E-state index contributed by atoms with van der Waals surface area (Å²) in [4.78, 5) is 34.9. The second kappa shape index (κ2) is 8.10. The van der Waals surface area contributed by atoms with Gasteiger partial charge in [0.25, 0.3) is 11.5 Å². The average molecular weight is 383 g/mol. The molecule has 0 aliphatic heterocycles. The summed E-state index contributed by atoms with van der Waals surface area (Å²) in [7, 11) is 0. The molecule has 0 radical (unpaired) electrons. The second-order valence-corrected chi connectivity index (χ2v) is 6.99. The first-order chi connectivity index (χ1) is 14.1. The zero-order valence-corrected chi connectivity index (χ0v) is 16.1. The van der Waals surface area contributed by atoms with Gasteiger partial charge in [-0.1, -0.05) is 60.7 Å². The van der Waals surface area contributed by atoms with Gasteiger partial charge in [-0.2, -0.15) is 0 Å². The van der Waals surface area contributed by atoms with Gasteiger partial charge < -0.3 is 9.88 Å². The monoisotopic (exact) mass is 383 g/mol. The number of amides is 1. The Morgan fingerprint density at radius 1 is 0.897 bits per heavy atom. The molecule has 0 atom stereocenters. The number of benzene rings is 3. The van der Waals surface area contributed by atoms with Crippen molar-refractivity contribution >= 4 is 16.8 Å². The quantitative estimate of drug-likeness (QED) is 0.565. The molecule has 3 aromatic carbocycles. The number of hydrogen-bond donors (Lipinski definition) is 1. The van der Waals surface area contributed by atoms with Crippen LogP contribution in [-0.4, -0.2) is 20.8 Å². The summed E-state index contributed by atoms with van der Waals surface area (Å²) >= 11 is 0. The number of aromatic amines is 1. The lowest BCUT2D eigenvalue weighted by molar-refractivity contribution is 0.0724. The molecule has 0 bridgehead atoms. The molecular formula is C24H21N3O2. The number of fused-ring (bicyclic) bond motifs is 1. The highest BCUT2D eigenvalue weighted by Crippen LogP contribution is 2.16. The number of carbonyl (C=O) groups is 1. The van der Waals surface area contributed by atoms with Crippen LogP contribution < -0.4 is 5.56 Å². The minimum atomic E-state index is -0.200. The Balaban J connectivity index is 1.71. The molecule has 0 saturated carbocycles. The van der Waals surface area contributed by atoms with Crippen molar-refractivity contribution in [1.29, 1.82) is 0 Å². The molecule has 4 aromatic rings. The SMILES string of the molecule is Cc1ccccc1C(=O)N(Cc1ccccc1)Cc1nc2ccccc2c(=O)[nH]1. The number of aryl methyl sites for hydroxylation is 1. The Morgan fingerprint density at radius 3 is 2.38 bits per heavy atom. The van der Waals surface area contributed by atoms with Crippen molar-refractivity contribution in [2.24, 2.45) is 0 Å². The topological polar surface area (TPSA) is 66.1 Å². The summed E-state index contributed by atoms with van der Waals surface area (Å²) in [5.74, 6) is 0.370. The maximum absolute atomic E-state index is 13.3.